The summed E-state index contributed by atoms with van der Waals surface area (Å²) in [6.45, 7) is 1.83. The maximum absolute atomic E-state index is 10.9. The first kappa shape index (κ1) is 10.4. The summed E-state index contributed by atoms with van der Waals surface area (Å²) in [7, 11) is 1.77. The number of aromatic carboxylic acids is 1. The Morgan fingerprint density at radius 1 is 1.62 bits per heavy atom. The quantitative estimate of drug-likeness (QED) is 0.845. The minimum Gasteiger partial charge on any atom is -0.475 e. The first-order valence-electron chi connectivity index (χ1n) is 4.83. The predicted molar refractivity (Wildman–Crippen MR) is 55.0 cm³/mol. The van der Waals surface area contributed by atoms with Crippen molar-refractivity contribution in [1.82, 2.24) is 14.8 Å². The molecule has 0 atom stereocenters. The Kier molecular flexibility index (Phi) is 2.47. The van der Waals surface area contributed by atoms with Gasteiger partial charge in [0.1, 0.15) is 0 Å². The molecule has 0 bridgehead atoms. The fourth-order valence-electron chi connectivity index (χ4n) is 1.41. The topological polar surface area (TPSA) is 81.2 Å². The van der Waals surface area contributed by atoms with Crippen LogP contribution in [0, 0.1) is 0 Å². The fraction of sp³-hybridized carbons (Fsp3) is 0.300. The molecule has 0 fully saturated rings. The zero-order valence-electron chi connectivity index (χ0n) is 8.97. The van der Waals surface area contributed by atoms with Crippen molar-refractivity contribution in [3.63, 3.8) is 0 Å². The van der Waals surface area contributed by atoms with E-state index in [-0.39, 0.29) is 5.76 Å². The molecule has 0 aliphatic carbocycles. The third kappa shape index (κ3) is 1.69. The van der Waals surface area contributed by atoms with Crippen LogP contribution in [0.15, 0.2) is 16.8 Å². The van der Waals surface area contributed by atoms with Crippen molar-refractivity contribution in [3.8, 4) is 11.5 Å². The summed E-state index contributed by atoms with van der Waals surface area (Å²) in [5.41, 5.74) is 1.12. The number of hydrogen-bond donors (Lipinski definition) is 1. The third-order valence-electron chi connectivity index (χ3n) is 2.18. The summed E-state index contributed by atoms with van der Waals surface area (Å²) in [5, 5.41) is 12.9. The lowest BCUT2D eigenvalue weighted by atomic mass is 10.3. The Morgan fingerprint density at radius 2 is 2.38 bits per heavy atom. The van der Waals surface area contributed by atoms with Crippen LogP contribution in [0.4, 0.5) is 0 Å². The number of aryl methyl sites for hydroxylation is 2. The molecule has 6 heteroatoms. The number of rotatable bonds is 3. The smallest absolute Gasteiger partial charge is 0.373 e. The van der Waals surface area contributed by atoms with E-state index in [9.17, 15) is 4.79 Å². The molecule has 6 nitrogen and oxygen atoms in total. The molecular formula is C10H11N3O3. The molecule has 2 heterocycles. The SMILES string of the molecule is CCc1nc(-c2cnn(C)c2)oc1C(=O)O. The molecule has 0 aromatic carbocycles. The largest absolute Gasteiger partial charge is 0.475 e. The van der Waals surface area contributed by atoms with Gasteiger partial charge in [-0.2, -0.15) is 5.10 Å². The van der Waals surface area contributed by atoms with Crippen LogP contribution in [0.3, 0.4) is 0 Å². The van der Waals surface area contributed by atoms with E-state index < -0.39 is 5.97 Å². The van der Waals surface area contributed by atoms with Gasteiger partial charge in [0.2, 0.25) is 11.7 Å². The first-order chi connectivity index (χ1) is 7.61. The van der Waals surface area contributed by atoms with Crippen LogP contribution < -0.4 is 0 Å². The van der Waals surface area contributed by atoms with Crippen molar-refractivity contribution in [3.05, 3.63) is 23.8 Å². The minimum atomic E-state index is -1.10. The molecule has 2 aromatic rings. The van der Waals surface area contributed by atoms with Crippen LogP contribution in [0.2, 0.25) is 0 Å². The molecule has 16 heavy (non-hydrogen) atoms. The van der Waals surface area contributed by atoms with Gasteiger partial charge in [-0.05, 0) is 6.42 Å². The standard InChI is InChI=1S/C10H11N3O3/c1-3-7-8(10(14)15)16-9(12-7)6-4-11-13(2)5-6/h4-5H,3H2,1-2H3,(H,14,15). The van der Waals surface area contributed by atoms with Crippen LogP contribution in [-0.4, -0.2) is 25.8 Å². The number of carboxylic acid groups (broad SMARTS) is 1. The van der Waals surface area contributed by atoms with E-state index in [1.54, 1.807) is 24.1 Å². The molecule has 0 amide bonds. The van der Waals surface area contributed by atoms with E-state index in [1.807, 2.05) is 6.92 Å². The molecule has 0 saturated heterocycles. The van der Waals surface area contributed by atoms with Crippen LogP contribution in [0.5, 0.6) is 0 Å². The van der Waals surface area contributed by atoms with Gasteiger partial charge in [0.15, 0.2) is 0 Å². The molecule has 1 N–H and O–H groups in total. The van der Waals surface area contributed by atoms with E-state index in [1.165, 1.54) is 0 Å². The zero-order valence-corrected chi connectivity index (χ0v) is 8.97. The van der Waals surface area contributed by atoms with E-state index in [2.05, 4.69) is 10.1 Å². The van der Waals surface area contributed by atoms with Crippen LogP contribution in [0.25, 0.3) is 11.5 Å². The summed E-state index contributed by atoms with van der Waals surface area (Å²) in [6, 6.07) is 0. The normalized spacial score (nSPS) is 10.6. The van der Waals surface area contributed by atoms with E-state index in [0.29, 0.717) is 23.6 Å². The highest BCUT2D eigenvalue weighted by atomic mass is 16.4. The van der Waals surface area contributed by atoms with Gasteiger partial charge in [-0.15, -0.1) is 0 Å². The van der Waals surface area contributed by atoms with Gasteiger partial charge in [0.25, 0.3) is 0 Å². The van der Waals surface area contributed by atoms with Crippen molar-refractivity contribution in [1.29, 1.82) is 0 Å². The average molecular weight is 221 g/mol. The van der Waals surface area contributed by atoms with Crippen molar-refractivity contribution in [2.45, 2.75) is 13.3 Å². The van der Waals surface area contributed by atoms with Crippen molar-refractivity contribution in [2.24, 2.45) is 7.05 Å². The Bertz CT molecular complexity index is 527. The second kappa shape index (κ2) is 3.80. The Labute approximate surface area is 91.5 Å². The number of carbonyl (C=O) groups is 1. The summed E-state index contributed by atoms with van der Waals surface area (Å²) >= 11 is 0. The van der Waals surface area contributed by atoms with Crippen LogP contribution in [0.1, 0.15) is 23.2 Å². The molecule has 0 saturated carbocycles. The fourth-order valence-corrected chi connectivity index (χ4v) is 1.41. The second-order valence-corrected chi connectivity index (χ2v) is 3.36. The molecule has 0 aliphatic rings. The Morgan fingerprint density at radius 3 is 2.81 bits per heavy atom. The molecule has 2 rings (SSSR count). The average Bonchev–Trinajstić information content (AvgIpc) is 2.82. The third-order valence-corrected chi connectivity index (χ3v) is 2.18. The van der Waals surface area contributed by atoms with Crippen molar-refractivity contribution < 1.29 is 14.3 Å². The Balaban J connectivity index is 2.47. The lowest BCUT2D eigenvalue weighted by molar-refractivity contribution is 0.0662. The first-order valence-corrected chi connectivity index (χ1v) is 4.83. The van der Waals surface area contributed by atoms with Crippen LogP contribution in [-0.2, 0) is 13.5 Å². The van der Waals surface area contributed by atoms with Crippen molar-refractivity contribution in [2.75, 3.05) is 0 Å². The molecule has 0 radical (unpaired) electrons. The summed E-state index contributed by atoms with van der Waals surface area (Å²) in [5.74, 6) is -0.900. The molecule has 2 aromatic heterocycles. The van der Waals surface area contributed by atoms with Crippen LogP contribution >= 0.6 is 0 Å². The molecule has 84 valence electrons. The number of nitrogens with zero attached hydrogens (tertiary/aromatic N) is 3. The van der Waals surface area contributed by atoms with Gasteiger partial charge < -0.3 is 9.52 Å². The van der Waals surface area contributed by atoms with Gasteiger partial charge in [-0.3, -0.25) is 4.68 Å². The Hall–Kier alpha value is -2.11. The zero-order chi connectivity index (χ0) is 11.7. The lowest BCUT2D eigenvalue weighted by Crippen LogP contribution is -1.98. The number of hydrogen-bond acceptors (Lipinski definition) is 4. The highest BCUT2D eigenvalue weighted by Gasteiger charge is 2.19. The van der Waals surface area contributed by atoms with Gasteiger partial charge in [0, 0.05) is 13.2 Å². The maximum atomic E-state index is 10.9. The summed E-state index contributed by atoms with van der Waals surface area (Å²) in [6.07, 6.45) is 3.82. The minimum absolute atomic E-state index is 0.0960. The van der Waals surface area contributed by atoms with Gasteiger partial charge >= 0.3 is 5.97 Å². The molecule has 0 spiro atoms. The monoisotopic (exact) mass is 221 g/mol. The predicted octanol–water partition coefficient (Wildman–Crippen LogP) is 1.34. The van der Waals surface area contributed by atoms with E-state index in [4.69, 9.17) is 9.52 Å². The van der Waals surface area contributed by atoms with E-state index >= 15 is 0 Å². The maximum Gasteiger partial charge on any atom is 0.373 e. The summed E-state index contributed by atoms with van der Waals surface area (Å²) < 4.78 is 6.81. The van der Waals surface area contributed by atoms with Gasteiger partial charge in [-0.25, -0.2) is 9.78 Å². The van der Waals surface area contributed by atoms with Gasteiger partial charge in [-0.1, -0.05) is 6.92 Å². The molecular weight excluding hydrogens is 210 g/mol. The highest BCUT2D eigenvalue weighted by molar-refractivity contribution is 5.86. The summed E-state index contributed by atoms with van der Waals surface area (Å²) in [4.78, 5) is 15.0. The number of oxazole rings is 1. The second-order valence-electron chi connectivity index (χ2n) is 3.36. The highest BCUT2D eigenvalue weighted by Crippen LogP contribution is 2.21. The van der Waals surface area contributed by atoms with Crippen molar-refractivity contribution >= 4 is 5.97 Å². The lowest BCUT2D eigenvalue weighted by Gasteiger charge is -1.88. The van der Waals surface area contributed by atoms with E-state index in [0.717, 1.165) is 0 Å². The molecule has 0 unspecified atom stereocenters. The number of aromatic nitrogens is 3. The molecule has 0 aliphatic heterocycles. The van der Waals surface area contributed by atoms with Gasteiger partial charge in [0.05, 0.1) is 17.5 Å². The number of carboxylic acids is 1.